The number of allylic oxidation sites excluding steroid dienone is 2. The molecule has 0 radical (unpaired) electrons. The molecule has 0 heterocycles. The van der Waals surface area contributed by atoms with Gasteiger partial charge in [0.2, 0.25) is 0 Å². The molecule has 0 aromatic heterocycles. The summed E-state index contributed by atoms with van der Waals surface area (Å²) in [5.74, 6) is 0.122. The molecule has 1 saturated carbocycles. The second-order valence-corrected chi connectivity index (χ2v) is 6.28. The van der Waals surface area contributed by atoms with Crippen LogP contribution in [0.3, 0.4) is 0 Å². The normalized spacial score (nSPS) is 22.4. The van der Waals surface area contributed by atoms with E-state index in [1.165, 1.54) is 25.3 Å². The molecule has 0 spiro atoms. The van der Waals surface area contributed by atoms with Crippen molar-refractivity contribution in [3.05, 3.63) is 23.8 Å². The monoisotopic (exact) mass is 278 g/mol. The Balaban J connectivity index is 2.59. The van der Waals surface area contributed by atoms with Crippen molar-refractivity contribution in [3.8, 4) is 0 Å². The molecular weight excluding hydrogens is 252 g/mol. The maximum Gasteiger partial charge on any atom is 0.302 e. The Morgan fingerprint density at radius 1 is 1.50 bits per heavy atom. The Hall–Kier alpha value is -1.38. The van der Waals surface area contributed by atoms with E-state index >= 15 is 0 Å². The first-order valence-electron chi connectivity index (χ1n) is 7.32. The summed E-state index contributed by atoms with van der Waals surface area (Å²) in [7, 11) is 0. The third kappa shape index (κ3) is 4.95. The molecule has 0 aliphatic heterocycles. The van der Waals surface area contributed by atoms with E-state index in [9.17, 15) is 9.59 Å². The van der Waals surface area contributed by atoms with Crippen molar-refractivity contribution in [2.75, 3.05) is 6.61 Å². The fraction of sp³-hybridized carbons (Fsp3) is 0.647. The van der Waals surface area contributed by atoms with Crippen molar-refractivity contribution in [2.24, 2.45) is 11.3 Å². The van der Waals surface area contributed by atoms with Crippen molar-refractivity contribution < 1.29 is 14.3 Å². The highest BCUT2D eigenvalue weighted by Gasteiger charge is 2.33. The van der Waals surface area contributed by atoms with Gasteiger partial charge in [-0.15, -0.1) is 0 Å². The molecule has 1 rings (SSSR count). The van der Waals surface area contributed by atoms with Gasteiger partial charge in [0.15, 0.2) is 0 Å². The lowest BCUT2D eigenvalue weighted by Gasteiger charge is -2.40. The summed E-state index contributed by atoms with van der Waals surface area (Å²) in [4.78, 5) is 21.8. The standard InChI is InChI=1S/C17H26O3/c1-13-6-5-10-17(3,4)16(13)8-7-15(12-18)9-11-20-14(2)19/h7,12,16H,1,5-6,8-11H2,2-4H3/b15-7-. The predicted molar refractivity (Wildman–Crippen MR) is 80.3 cm³/mol. The maximum atomic E-state index is 11.1. The van der Waals surface area contributed by atoms with Gasteiger partial charge < -0.3 is 4.74 Å². The summed E-state index contributed by atoms with van der Waals surface area (Å²) in [5.41, 5.74) is 2.25. The van der Waals surface area contributed by atoms with Gasteiger partial charge in [0.1, 0.15) is 6.29 Å². The number of aldehydes is 1. The minimum atomic E-state index is -0.308. The molecule has 112 valence electrons. The van der Waals surface area contributed by atoms with Crippen LogP contribution in [0, 0.1) is 11.3 Å². The third-order valence-electron chi connectivity index (χ3n) is 4.22. The summed E-state index contributed by atoms with van der Waals surface area (Å²) < 4.78 is 4.87. The van der Waals surface area contributed by atoms with Crippen LogP contribution < -0.4 is 0 Å². The zero-order chi connectivity index (χ0) is 15.2. The minimum Gasteiger partial charge on any atom is -0.466 e. The van der Waals surface area contributed by atoms with E-state index in [-0.39, 0.29) is 18.0 Å². The zero-order valence-electron chi connectivity index (χ0n) is 12.9. The Morgan fingerprint density at radius 3 is 2.75 bits per heavy atom. The van der Waals surface area contributed by atoms with Crippen LogP contribution >= 0.6 is 0 Å². The molecule has 0 saturated heterocycles. The number of carbonyl (C=O) groups is 2. The average molecular weight is 278 g/mol. The highest BCUT2D eigenvalue weighted by Crippen LogP contribution is 2.45. The van der Waals surface area contributed by atoms with Gasteiger partial charge in [-0.2, -0.15) is 0 Å². The Bertz CT molecular complexity index is 404. The third-order valence-corrected chi connectivity index (χ3v) is 4.22. The topological polar surface area (TPSA) is 43.4 Å². The van der Waals surface area contributed by atoms with Crippen LogP contribution in [0.2, 0.25) is 0 Å². The van der Waals surface area contributed by atoms with Crippen molar-refractivity contribution >= 4 is 12.3 Å². The number of carbonyl (C=O) groups excluding carboxylic acids is 2. The molecule has 0 bridgehead atoms. The second kappa shape index (κ2) is 7.41. The van der Waals surface area contributed by atoms with Crippen molar-refractivity contribution in [2.45, 2.75) is 52.9 Å². The molecule has 1 unspecified atom stereocenters. The fourth-order valence-electron chi connectivity index (χ4n) is 2.95. The molecule has 0 amide bonds. The van der Waals surface area contributed by atoms with Crippen molar-refractivity contribution in [1.82, 2.24) is 0 Å². The Morgan fingerprint density at radius 2 is 2.20 bits per heavy atom. The molecule has 0 aromatic rings. The quantitative estimate of drug-likeness (QED) is 0.321. The van der Waals surface area contributed by atoms with Gasteiger partial charge in [-0.1, -0.05) is 32.1 Å². The first-order chi connectivity index (χ1) is 9.36. The number of ether oxygens (including phenoxy) is 1. The van der Waals surface area contributed by atoms with E-state index in [1.807, 2.05) is 6.08 Å². The summed E-state index contributed by atoms with van der Waals surface area (Å²) in [5, 5.41) is 0. The zero-order valence-corrected chi connectivity index (χ0v) is 12.9. The van der Waals surface area contributed by atoms with Gasteiger partial charge in [0, 0.05) is 13.3 Å². The fourth-order valence-corrected chi connectivity index (χ4v) is 2.95. The van der Waals surface area contributed by atoms with E-state index in [1.54, 1.807) is 0 Å². The van der Waals surface area contributed by atoms with Crippen LogP contribution in [-0.4, -0.2) is 18.9 Å². The van der Waals surface area contributed by atoms with E-state index in [4.69, 9.17) is 4.74 Å². The maximum absolute atomic E-state index is 11.1. The molecule has 0 aromatic carbocycles. The highest BCUT2D eigenvalue weighted by molar-refractivity contribution is 5.73. The largest absolute Gasteiger partial charge is 0.466 e. The van der Waals surface area contributed by atoms with Gasteiger partial charge in [-0.05, 0) is 42.6 Å². The summed E-state index contributed by atoms with van der Waals surface area (Å²) >= 11 is 0. The Labute approximate surface area is 122 Å². The lowest BCUT2D eigenvalue weighted by atomic mass is 9.65. The van der Waals surface area contributed by atoms with Gasteiger partial charge >= 0.3 is 5.97 Å². The van der Waals surface area contributed by atoms with E-state index in [2.05, 4.69) is 20.4 Å². The first kappa shape index (κ1) is 16.7. The first-order valence-corrected chi connectivity index (χ1v) is 7.32. The van der Waals surface area contributed by atoms with E-state index in [0.29, 0.717) is 17.9 Å². The van der Waals surface area contributed by atoms with Crippen LogP contribution in [0.1, 0.15) is 52.9 Å². The van der Waals surface area contributed by atoms with E-state index in [0.717, 1.165) is 19.1 Å². The predicted octanol–water partition coefficient (Wildman–Crippen LogP) is 3.84. The van der Waals surface area contributed by atoms with Crippen LogP contribution in [0.5, 0.6) is 0 Å². The van der Waals surface area contributed by atoms with Crippen molar-refractivity contribution in [3.63, 3.8) is 0 Å². The van der Waals surface area contributed by atoms with Gasteiger partial charge in [0.25, 0.3) is 0 Å². The van der Waals surface area contributed by atoms with Gasteiger partial charge in [0.05, 0.1) is 6.61 Å². The van der Waals surface area contributed by atoms with E-state index < -0.39 is 0 Å². The van der Waals surface area contributed by atoms with Crippen molar-refractivity contribution in [1.29, 1.82) is 0 Å². The number of esters is 1. The molecule has 3 heteroatoms. The summed E-state index contributed by atoms with van der Waals surface area (Å²) in [6.45, 7) is 10.4. The molecular formula is C17H26O3. The molecule has 1 aliphatic carbocycles. The van der Waals surface area contributed by atoms with Gasteiger partial charge in [-0.3, -0.25) is 9.59 Å². The number of hydrogen-bond donors (Lipinski definition) is 0. The minimum absolute atomic E-state index is 0.246. The molecule has 1 aliphatic rings. The average Bonchev–Trinajstić information content (AvgIpc) is 2.34. The summed E-state index contributed by atoms with van der Waals surface area (Å²) in [6.07, 6.45) is 7.68. The lowest BCUT2D eigenvalue weighted by Crippen LogP contribution is -2.29. The summed E-state index contributed by atoms with van der Waals surface area (Å²) in [6, 6.07) is 0. The number of hydrogen-bond acceptors (Lipinski definition) is 3. The smallest absolute Gasteiger partial charge is 0.302 e. The van der Waals surface area contributed by atoms with Crippen LogP contribution in [0.15, 0.2) is 23.8 Å². The molecule has 1 atom stereocenters. The van der Waals surface area contributed by atoms with Gasteiger partial charge in [-0.25, -0.2) is 0 Å². The SMILES string of the molecule is C=C1CCCC(C)(C)C1C/C=C(\C=O)CCOC(C)=O. The molecule has 3 nitrogen and oxygen atoms in total. The molecule has 20 heavy (non-hydrogen) atoms. The lowest BCUT2D eigenvalue weighted by molar-refractivity contribution is -0.140. The second-order valence-electron chi connectivity index (χ2n) is 6.28. The highest BCUT2D eigenvalue weighted by atomic mass is 16.5. The molecule has 0 N–H and O–H groups in total. The van der Waals surface area contributed by atoms with Crippen LogP contribution in [0.25, 0.3) is 0 Å². The molecule has 1 fully saturated rings. The Kier molecular flexibility index (Phi) is 6.18. The number of rotatable bonds is 6. The van der Waals surface area contributed by atoms with Crippen LogP contribution in [-0.2, 0) is 14.3 Å². The van der Waals surface area contributed by atoms with Crippen LogP contribution in [0.4, 0.5) is 0 Å².